The Morgan fingerprint density at radius 2 is 1.87 bits per heavy atom. The van der Waals surface area contributed by atoms with Gasteiger partial charge in [-0.2, -0.15) is 4.31 Å². The van der Waals surface area contributed by atoms with E-state index in [4.69, 9.17) is 16.7 Å². The lowest BCUT2D eigenvalue weighted by Gasteiger charge is -2.32. The molecule has 0 saturated heterocycles. The molecule has 1 saturated carbocycles. The monoisotopic (exact) mass is 255 g/mol. The van der Waals surface area contributed by atoms with E-state index in [1.54, 1.807) is 0 Å². The molecule has 0 aromatic carbocycles. The van der Waals surface area contributed by atoms with Crippen LogP contribution in [0.5, 0.6) is 0 Å². The average Bonchev–Trinajstić information content (AvgIpc) is 2.27. The van der Waals surface area contributed by atoms with Crippen LogP contribution < -0.4 is 0 Å². The molecule has 0 aliphatic heterocycles. The van der Waals surface area contributed by atoms with E-state index in [1.807, 2.05) is 0 Å². The van der Waals surface area contributed by atoms with Crippen molar-refractivity contribution in [3.63, 3.8) is 0 Å². The molecule has 6 heteroatoms. The molecule has 1 fully saturated rings. The summed E-state index contributed by atoms with van der Waals surface area (Å²) in [5, 5.41) is 8.48. The number of aliphatic hydroxyl groups is 1. The maximum absolute atomic E-state index is 11.7. The minimum atomic E-state index is -3.38. The Morgan fingerprint density at radius 1 is 1.27 bits per heavy atom. The number of hydrogen-bond donors (Lipinski definition) is 1. The van der Waals surface area contributed by atoms with Crippen LogP contribution in [-0.4, -0.2) is 42.2 Å². The molecule has 1 aliphatic carbocycles. The zero-order chi connectivity index (χ0) is 11.3. The Hall–Kier alpha value is 0.160. The van der Waals surface area contributed by atoms with Gasteiger partial charge in [0.15, 0.2) is 0 Å². The summed E-state index contributed by atoms with van der Waals surface area (Å²) >= 11 is 5.43. The molecular formula is C9H18ClNO3S. The Bertz CT molecular complexity index is 275. The molecule has 1 aliphatic rings. The van der Waals surface area contributed by atoms with Crippen molar-refractivity contribution in [2.75, 3.05) is 18.4 Å². The molecular weight excluding hydrogens is 238 g/mol. The second-order valence-corrected chi connectivity index (χ2v) is 6.35. The smallest absolute Gasteiger partial charge is 0.228 e. The summed E-state index contributed by atoms with van der Waals surface area (Å²) in [4.78, 5) is 0. The van der Waals surface area contributed by atoms with Gasteiger partial charge < -0.3 is 5.11 Å². The SMILES string of the molecule is O=S(=O)(CCl)N(CCO)C1CCCCC1. The van der Waals surface area contributed by atoms with Crippen LogP contribution in [0.1, 0.15) is 32.1 Å². The summed E-state index contributed by atoms with van der Waals surface area (Å²) in [6.07, 6.45) is 5.06. The molecule has 0 amide bonds. The normalized spacial score (nSPS) is 19.7. The number of rotatable bonds is 5. The van der Waals surface area contributed by atoms with Crippen LogP contribution in [0, 0.1) is 0 Å². The third-order valence-electron chi connectivity index (χ3n) is 2.80. The molecule has 90 valence electrons. The standard InChI is InChI=1S/C9H18ClNO3S/c10-8-15(13,14)11(6-7-12)9-4-2-1-3-5-9/h9,12H,1-8H2. The number of nitrogens with zero attached hydrogens (tertiary/aromatic N) is 1. The highest BCUT2D eigenvalue weighted by Gasteiger charge is 2.29. The number of sulfonamides is 1. The Labute approximate surface area is 96.3 Å². The fourth-order valence-corrected chi connectivity index (χ4v) is 3.61. The summed E-state index contributed by atoms with van der Waals surface area (Å²) < 4.78 is 24.7. The van der Waals surface area contributed by atoms with Gasteiger partial charge in [-0.3, -0.25) is 0 Å². The van der Waals surface area contributed by atoms with Gasteiger partial charge in [-0.1, -0.05) is 19.3 Å². The molecule has 4 nitrogen and oxygen atoms in total. The van der Waals surface area contributed by atoms with Gasteiger partial charge in [-0.15, -0.1) is 11.6 Å². The molecule has 0 atom stereocenters. The third kappa shape index (κ3) is 3.59. The first kappa shape index (κ1) is 13.2. The van der Waals surface area contributed by atoms with Crippen molar-refractivity contribution in [2.24, 2.45) is 0 Å². The third-order valence-corrected chi connectivity index (χ3v) is 5.10. The van der Waals surface area contributed by atoms with Gasteiger partial charge in [0.2, 0.25) is 10.0 Å². The van der Waals surface area contributed by atoms with Crippen LogP contribution in [0.3, 0.4) is 0 Å². The predicted octanol–water partition coefficient (Wildman–Crippen LogP) is 1.14. The van der Waals surface area contributed by atoms with Crippen molar-refractivity contribution in [3.8, 4) is 0 Å². The molecule has 1 N–H and O–H groups in total. The molecule has 0 radical (unpaired) electrons. The van der Waals surface area contributed by atoms with Crippen molar-refractivity contribution >= 4 is 21.6 Å². The van der Waals surface area contributed by atoms with Gasteiger partial charge in [0.05, 0.1) is 6.61 Å². The van der Waals surface area contributed by atoms with Crippen LogP contribution in [-0.2, 0) is 10.0 Å². The molecule has 0 spiro atoms. The summed E-state index contributed by atoms with van der Waals surface area (Å²) in [5.41, 5.74) is 0. The van der Waals surface area contributed by atoms with E-state index >= 15 is 0 Å². The van der Waals surface area contributed by atoms with E-state index in [1.165, 1.54) is 10.7 Å². The van der Waals surface area contributed by atoms with Gasteiger partial charge in [0.1, 0.15) is 5.21 Å². The molecule has 0 aromatic heterocycles. The van der Waals surface area contributed by atoms with Gasteiger partial charge in [0.25, 0.3) is 0 Å². The van der Waals surface area contributed by atoms with Crippen molar-refractivity contribution < 1.29 is 13.5 Å². The number of hydrogen-bond acceptors (Lipinski definition) is 3. The first-order valence-electron chi connectivity index (χ1n) is 5.28. The summed E-state index contributed by atoms with van der Waals surface area (Å²) in [5.74, 6) is 0. The van der Waals surface area contributed by atoms with Crippen LogP contribution in [0.2, 0.25) is 0 Å². The number of halogens is 1. The first-order valence-corrected chi connectivity index (χ1v) is 7.42. The van der Waals surface area contributed by atoms with E-state index in [0.29, 0.717) is 0 Å². The van der Waals surface area contributed by atoms with Crippen LogP contribution in [0.25, 0.3) is 0 Å². The number of aliphatic hydroxyl groups excluding tert-OH is 1. The largest absolute Gasteiger partial charge is 0.395 e. The Balaban J connectivity index is 2.72. The molecule has 1 rings (SSSR count). The summed E-state index contributed by atoms with van der Waals surface area (Å²) in [6.45, 7) is 0.0202. The molecule has 0 heterocycles. The maximum atomic E-state index is 11.7. The van der Waals surface area contributed by atoms with Crippen LogP contribution in [0.15, 0.2) is 0 Å². The molecule has 0 unspecified atom stereocenters. The second-order valence-electron chi connectivity index (χ2n) is 3.85. The maximum Gasteiger partial charge on any atom is 0.228 e. The fraction of sp³-hybridized carbons (Fsp3) is 1.00. The van der Waals surface area contributed by atoms with Crippen molar-refractivity contribution in [2.45, 2.75) is 38.1 Å². The quantitative estimate of drug-likeness (QED) is 0.750. The molecule has 0 bridgehead atoms. The lowest BCUT2D eigenvalue weighted by Crippen LogP contribution is -2.43. The first-order chi connectivity index (χ1) is 7.11. The van der Waals surface area contributed by atoms with Crippen LogP contribution in [0.4, 0.5) is 0 Å². The Kier molecular flexibility index (Phi) is 5.32. The van der Waals surface area contributed by atoms with Gasteiger partial charge in [-0.05, 0) is 12.8 Å². The van der Waals surface area contributed by atoms with E-state index < -0.39 is 15.2 Å². The van der Waals surface area contributed by atoms with E-state index in [2.05, 4.69) is 0 Å². The van der Waals surface area contributed by atoms with Crippen molar-refractivity contribution in [3.05, 3.63) is 0 Å². The number of alkyl halides is 1. The van der Waals surface area contributed by atoms with Crippen molar-refractivity contribution in [1.29, 1.82) is 0 Å². The van der Waals surface area contributed by atoms with E-state index in [0.717, 1.165) is 25.7 Å². The zero-order valence-electron chi connectivity index (χ0n) is 8.73. The van der Waals surface area contributed by atoms with Gasteiger partial charge in [-0.25, -0.2) is 8.42 Å². The lowest BCUT2D eigenvalue weighted by molar-refractivity contribution is 0.200. The topological polar surface area (TPSA) is 57.6 Å². The van der Waals surface area contributed by atoms with Gasteiger partial charge >= 0.3 is 0 Å². The highest BCUT2D eigenvalue weighted by atomic mass is 35.5. The average molecular weight is 256 g/mol. The molecule has 15 heavy (non-hydrogen) atoms. The molecule has 0 aromatic rings. The highest BCUT2D eigenvalue weighted by Crippen LogP contribution is 2.24. The van der Waals surface area contributed by atoms with E-state index in [-0.39, 0.29) is 19.2 Å². The fourth-order valence-electron chi connectivity index (χ4n) is 2.08. The zero-order valence-corrected chi connectivity index (χ0v) is 10.3. The highest BCUT2D eigenvalue weighted by molar-refractivity contribution is 7.90. The van der Waals surface area contributed by atoms with E-state index in [9.17, 15) is 8.42 Å². The summed E-state index contributed by atoms with van der Waals surface area (Å²) in [7, 11) is -3.38. The second kappa shape index (κ2) is 6.03. The van der Waals surface area contributed by atoms with Crippen LogP contribution >= 0.6 is 11.6 Å². The van der Waals surface area contributed by atoms with Crippen molar-refractivity contribution in [1.82, 2.24) is 4.31 Å². The Morgan fingerprint density at radius 3 is 2.33 bits per heavy atom. The minimum absolute atomic E-state index is 0.0367. The summed E-state index contributed by atoms with van der Waals surface area (Å²) in [6, 6.07) is 0.0367. The van der Waals surface area contributed by atoms with Gasteiger partial charge in [0, 0.05) is 12.6 Å². The lowest BCUT2D eigenvalue weighted by atomic mass is 9.95. The minimum Gasteiger partial charge on any atom is -0.395 e. The predicted molar refractivity (Wildman–Crippen MR) is 60.3 cm³/mol.